The summed E-state index contributed by atoms with van der Waals surface area (Å²) in [4.78, 5) is 0. The number of hydrogen-bond acceptors (Lipinski definition) is 3. The van der Waals surface area contributed by atoms with E-state index in [2.05, 4.69) is 41.8 Å². The van der Waals surface area contributed by atoms with E-state index in [-0.39, 0.29) is 6.04 Å². The van der Waals surface area contributed by atoms with Gasteiger partial charge in [0.15, 0.2) is 0 Å². The Hall–Kier alpha value is -1.65. The Morgan fingerprint density at radius 2 is 2.20 bits per heavy atom. The van der Waals surface area contributed by atoms with Crippen LogP contribution < -0.4 is 11.3 Å². The van der Waals surface area contributed by atoms with Gasteiger partial charge >= 0.3 is 0 Å². The van der Waals surface area contributed by atoms with Gasteiger partial charge in [0.1, 0.15) is 0 Å². The molecule has 1 unspecified atom stereocenters. The summed E-state index contributed by atoms with van der Waals surface area (Å²) >= 11 is 0. The second kappa shape index (κ2) is 5.77. The number of benzene rings is 1. The molecule has 0 fully saturated rings. The fourth-order valence-corrected chi connectivity index (χ4v) is 3.00. The third kappa shape index (κ3) is 2.62. The predicted octanol–water partition coefficient (Wildman–Crippen LogP) is 2.14. The Bertz CT molecular complexity index is 588. The highest BCUT2D eigenvalue weighted by molar-refractivity contribution is 5.37. The van der Waals surface area contributed by atoms with E-state index in [0.29, 0.717) is 0 Å². The predicted molar refractivity (Wildman–Crippen MR) is 80.1 cm³/mol. The Labute approximate surface area is 120 Å². The number of aromatic nitrogens is 2. The highest BCUT2D eigenvalue weighted by Gasteiger charge is 2.16. The van der Waals surface area contributed by atoms with Crippen LogP contribution in [-0.2, 0) is 25.8 Å². The minimum Gasteiger partial charge on any atom is -0.273 e. The van der Waals surface area contributed by atoms with Crippen LogP contribution in [0.1, 0.15) is 41.6 Å². The summed E-state index contributed by atoms with van der Waals surface area (Å²) in [6.45, 7) is 3.00. The number of hydrazine groups is 1. The van der Waals surface area contributed by atoms with E-state index in [0.717, 1.165) is 13.0 Å². The first kappa shape index (κ1) is 13.3. The molecule has 20 heavy (non-hydrogen) atoms. The zero-order valence-corrected chi connectivity index (χ0v) is 12.0. The van der Waals surface area contributed by atoms with E-state index in [1.54, 1.807) is 0 Å². The molecule has 3 rings (SSSR count). The third-order valence-electron chi connectivity index (χ3n) is 4.18. The fraction of sp³-hybridized carbons (Fsp3) is 0.438. The molecule has 1 aromatic carbocycles. The van der Waals surface area contributed by atoms with Crippen LogP contribution in [0.15, 0.2) is 30.6 Å². The number of nitrogens with two attached hydrogens (primary N) is 1. The van der Waals surface area contributed by atoms with Crippen molar-refractivity contribution in [2.75, 3.05) is 0 Å². The highest BCUT2D eigenvalue weighted by atomic mass is 15.3. The van der Waals surface area contributed by atoms with E-state index in [1.165, 1.54) is 41.5 Å². The lowest BCUT2D eigenvalue weighted by molar-refractivity contribution is 0.551. The standard InChI is InChI=1S/C16H22N4/c1-2-20-11-12(10-18-20)8-16(19-17)15-7-6-13-4-3-5-14(13)9-15/h6-7,9-11,16,19H,2-5,8,17H2,1H3. The maximum absolute atomic E-state index is 5.76. The Balaban J connectivity index is 1.79. The van der Waals surface area contributed by atoms with Crippen LogP contribution in [0.3, 0.4) is 0 Å². The van der Waals surface area contributed by atoms with Crippen LogP contribution in [0.25, 0.3) is 0 Å². The molecule has 1 aliphatic rings. The molecular weight excluding hydrogens is 248 g/mol. The fourth-order valence-electron chi connectivity index (χ4n) is 3.00. The van der Waals surface area contributed by atoms with Gasteiger partial charge < -0.3 is 0 Å². The summed E-state index contributed by atoms with van der Waals surface area (Å²) in [7, 11) is 0. The second-order valence-corrected chi connectivity index (χ2v) is 5.51. The maximum atomic E-state index is 5.76. The molecule has 0 saturated carbocycles. The molecule has 1 aliphatic carbocycles. The molecule has 106 valence electrons. The lowest BCUT2D eigenvalue weighted by atomic mass is 9.97. The number of nitrogens with zero attached hydrogens (tertiary/aromatic N) is 2. The third-order valence-corrected chi connectivity index (χ3v) is 4.18. The number of aryl methyl sites for hydroxylation is 3. The molecule has 1 atom stereocenters. The first-order chi connectivity index (χ1) is 9.80. The van der Waals surface area contributed by atoms with Crippen LogP contribution in [0.4, 0.5) is 0 Å². The van der Waals surface area contributed by atoms with Crippen molar-refractivity contribution >= 4 is 0 Å². The lowest BCUT2D eigenvalue weighted by Crippen LogP contribution is -2.29. The van der Waals surface area contributed by atoms with Crippen molar-refractivity contribution in [2.24, 2.45) is 5.84 Å². The van der Waals surface area contributed by atoms with Crippen molar-refractivity contribution in [2.45, 2.75) is 45.2 Å². The van der Waals surface area contributed by atoms with E-state index in [1.807, 2.05) is 10.9 Å². The van der Waals surface area contributed by atoms with Crippen LogP contribution >= 0.6 is 0 Å². The van der Waals surface area contributed by atoms with Gasteiger partial charge in [0.25, 0.3) is 0 Å². The van der Waals surface area contributed by atoms with Crippen LogP contribution in [-0.4, -0.2) is 9.78 Å². The number of nitrogens with one attached hydrogen (secondary N) is 1. The average Bonchev–Trinajstić information content (AvgIpc) is 3.12. The molecule has 4 heteroatoms. The Morgan fingerprint density at radius 3 is 2.95 bits per heavy atom. The Kier molecular flexibility index (Phi) is 3.85. The van der Waals surface area contributed by atoms with Crippen molar-refractivity contribution in [3.63, 3.8) is 0 Å². The number of rotatable bonds is 5. The van der Waals surface area contributed by atoms with E-state index >= 15 is 0 Å². The minimum atomic E-state index is 0.149. The number of hydrogen-bond donors (Lipinski definition) is 2. The van der Waals surface area contributed by atoms with Crippen molar-refractivity contribution in [3.05, 3.63) is 52.8 Å². The van der Waals surface area contributed by atoms with Gasteiger partial charge in [-0.25, -0.2) is 0 Å². The van der Waals surface area contributed by atoms with E-state index in [9.17, 15) is 0 Å². The molecular formula is C16H22N4. The van der Waals surface area contributed by atoms with Gasteiger partial charge in [-0.2, -0.15) is 5.10 Å². The van der Waals surface area contributed by atoms with Gasteiger partial charge in [-0.3, -0.25) is 16.0 Å². The smallest absolute Gasteiger partial charge is 0.0522 e. The molecule has 1 aromatic heterocycles. The summed E-state index contributed by atoms with van der Waals surface area (Å²) in [6, 6.07) is 6.93. The van der Waals surface area contributed by atoms with Crippen molar-refractivity contribution in [1.82, 2.24) is 15.2 Å². The molecule has 0 aliphatic heterocycles. The van der Waals surface area contributed by atoms with Gasteiger partial charge in [0.2, 0.25) is 0 Å². The zero-order chi connectivity index (χ0) is 13.9. The summed E-state index contributed by atoms with van der Waals surface area (Å²) in [5, 5.41) is 4.32. The van der Waals surface area contributed by atoms with Gasteiger partial charge in [-0.15, -0.1) is 0 Å². The largest absolute Gasteiger partial charge is 0.273 e. The lowest BCUT2D eigenvalue weighted by Gasteiger charge is -2.16. The van der Waals surface area contributed by atoms with Crippen LogP contribution in [0, 0.1) is 0 Å². The normalized spacial score (nSPS) is 15.3. The molecule has 1 heterocycles. The molecule has 0 radical (unpaired) electrons. The van der Waals surface area contributed by atoms with E-state index < -0.39 is 0 Å². The zero-order valence-electron chi connectivity index (χ0n) is 12.0. The van der Waals surface area contributed by atoms with E-state index in [4.69, 9.17) is 5.84 Å². The van der Waals surface area contributed by atoms with Crippen LogP contribution in [0.5, 0.6) is 0 Å². The second-order valence-electron chi connectivity index (χ2n) is 5.51. The summed E-state index contributed by atoms with van der Waals surface area (Å²) in [5.41, 5.74) is 8.44. The summed E-state index contributed by atoms with van der Waals surface area (Å²) in [5.74, 6) is 5.76. The molecule has 0 saturated heterocycles. The molecule has 0 amide bonds. The van der Waals surface area contributed by atoms with Gasteiger partial charge in [-0.1, -0.05) is 18.2 Å². The first-order valence-electron chi connectivity index (χ1n) is 7.39. The molecule has 0 spiro atoms. The van der Waals surface area contributed by atoms with Crippen molar-refractivity contribution in [1.29, 1.82) is 0 Å². The highest BCUT2D eigenvalue weighted by Crippen LogP contribution is 2.26. The minimum absolute atomic E-state index is 0.149. The van der Waals surface area contributed by atoms with Gasteiger partial charge in [0.05, 0.1) is 12.2 Å². The molecule has 2 aromatic rings. The summed E-state index contributed by atoms with van der Waals surface area (Å²) < 4.78 is 1.95. The Morgan fingerprint density at radius 1 is 1.35 bits per heavy atom. The monoisotopic (exact) mass is 270 g/mol. The average molecular weight is 270 g/mol. The van der Waals surface area contributed by atoms with Crippen molar-refractivity contribution < 1.29 is 0 Å². The number of fused-ring (bicyclic) bond motifs is 1. The van der Waals surface area contributed by atoms with Gasteiger partial charge in [0, 0.05) is 12.7 Å². The summed E-state index contributed by atoms with van der Waals surface area (Å²) in [6.07, 6.45) is 8.60. The molecule has 3 N–H and O–H groups in total. The first-order valence-corrected chi connectivity index (χ1v) is 7.39. The topological polar surface area (TPSA) is 55.9 Å². The van der Waals surface area contributed by atoms with Crippen LogP contribution in [0.2, 0.25) is 0 Å². The maximum Gasteiger partial charge on any atom is 0.0522 e. The molecule has 4 nitrogen and oxygen atoms in total. The molecule has 0 bridgehead atoms. The van der Waals surface area contributed by atoms with Gasteiger partial charge in [-0.05, 0) is 54.9 Å². The SMILES string of the molecule is CCn1cc(CC(NN)c2ccc3c(c2)CCC3)cn1. The van der Waals surface area contributed by atoms with Crippen molar-refractivity contribution in [3.8, 4) is 0 Å². The quantitative estimate of drug-likeness (QED) is 0.646.